The van der Waals surface area contributed by atoms with E-state index < -0.39 is 0 Å². The lowest BCUT2D eigenvalue weighted by molar-refractivity contribution is 1.07. The van der Waals surface area contributed by atoms with Crippen molar-refractivity contribution >= 4 is 15.9 Å². The first-order valence-electron chi connectivity index (χ1n) is 14.0. The quantitative estimate of drug-likeness (QED) is 0.186. The van der Waals surface area contributed by atoms with Crippen molar-refractivity contribution < 1.29 is 0 Å². The number of hydrogen-bond donors (Lipinski definition) is 0. The first-order chi connectivity index (χ1) is 21.2. The lowest BCUT2D eigenvalue weighted by atomic mass is 9.99. The average Bonchev–Trinajstić information content (AvgIpc) is 3.09. The smallest absolute Gasteiger partial charge is 0.164 e. The molecule has 5 aromatic carbocycles. The number of hydrogen-bond acceptors (Lipinski definition) is 4. The predicted octanol–water partition coefficient (Wildman–Crippen LogP) is 10.0. The van der Waals surface area contributed by atoms with Crippen molar-refractivity contribution in [1.29, 1.82) is 0 Å². The van der Waals surface area contributed by atoms with Crippen LogP contribution in [-0.2, 0) is 0 Å². The van der Waals surface area contributed by atoms with Gasteiger partial charge < -0.3 is 0 Å². The molecule has 4 nitrogen and oxygen atoms in total. The molecule has 204 valence electrons. The highest BCUT2D eigenvalue weighted by Crippen LogP contribution is 2.30. The third-order valence-corrected chi connectivity index (χ3v) is 7.82. The van der Waals surface area contributed by atoms with E-state index in [0.717, 1.165) is 43.4 Å². The Morgan fingerprint density at radius 2 is 0.767 bits per heavy atom. The Hall–Kier alpha value is -5.26. The number of benzene rings is 5. The molecule has 0 atom stereocenters. The van der Waals surface area contributed by atoms with Crippen LogP contribution in [0, 0.1) is 0 Å². The highest BCUT2D eigenvalue weighted by molar-refractivity contribution is 9.10. The maximum absolute atomic E-state index is 4.92. The zero-order chi connectivity index (χ0) is 29.0. The molecule has 5 heteroatoms. The predicted molar refractivity (Wildman–Crippen MR) is 178 cm³/mol. The first-order valence-corrected chi connectivity index (χ1v) is 14.8. The molecule has 7 rings (SSSR count). The van der Waals surface area contributed by atoms with Crippen LogP contribution in [0.3, 0.4) is 0 Å². The van der Waals surface area contributed by atoms with Crippen molar-refractivity contribution in [2.75, 3.05) is 0 Å². The largest absolute Gasteiger partial charge is 0.264 e. The van der Waals surface area contributed by atoms with Gasteiger partial charge in [-0.3, -0.25) is 4.98 Å². The number of nitrogens with zero attached hydrogens (tertiary/aromatic N) is 4. The van der Waals surface area contributed by atoms with E-state index in [0.29, 0.717) is 17.5 Å². The van der Waals surface area contributed by atoms with E-state index in [-0.39, 0.29) is 0 Å². The Balaban J connectivity index is 1.21. The molecule has 0 amide bonds. The van der Waals surface area contributed by atoms with E-state index in [4.69, 9.17) is 15.0 Å². The Morgan fingerprint density at radius 3 is 1.26 bits per heavy atom. The minimum atomic E-state index is 0.633. The van der Waals surface area contributed by atoms with Crippen molar-refractivity contribution in [3.8, 4) is 67.5 Å². The molecule has 0 bridgehead atoms. The molecule has 0 saturated heterocycles. The van der Waals surface area contributed by atoms with Gasteiger partial charge in [-0.15, -0.1) is 0 Å². The molecule has 0 N–H and O–H groups in total. The molecule has 0 aliphatic heterocycles. The van der Waals surface area contributed by atoms with E-state index >= 15 is 0 Å². The number of rotatable bonds is 6. The number of aromatic nitrogens is 4. The van der Waals surface area contributed by atoms with Gasteiger partial charge in [-0.25, -0.2) is 15.0 Å². The second-order valence-corrected chi connectivity index (χ2v) is 11.1. The minimum Gasteiger partial charge on any atom is -0.264 e. The van der Waals surface area contributed by atoms with Crippen LogP contribution in [0.4, 0.5) is 0 Å². The summed E-state index contributed by atoms with van der Waals surface area (Å²) in [4.78, 5) is 18.9. The molecule has 2 heterocycles. The van der Waals surface area contributed by atoms with Gasteiger partial charge in [0.05, 0.1) is 0 Å². The van der Waals surface area contributed by atoms with Crippen LogP contribution in [0.15, 0.2) is 156 Å². The zero-order valence-electron chi connectivity index (χ0n) is 23.1. The van der Waals surface area contributed by atoms with Crippen LogP contribution in [0.2, 0.25) is 0 Å². The normalized spacial score (nSPS) is 10.9. The molecular formula is C38H25BrN4. The highest BCUT2D eigenvalue weighted by atomic mass is 79.9. The summed E-state index contributed by atoms with van der Waals surface area (Å²) in [5, 5.41) is 0. The lowest BCUT2D eigenvalue weighted by Gasteiger charge is -2.10. The summed E-state index contributed by atoms with van der Waals surface area (Å²) in [7, 11) is 0. The molecule has 43 heavy (non-hydrogen) atoms. The van der Waals surface area contributed by atoms with Gasteiger partial charge in [0.2, 0.25) is 0 Å². The summed E-state index contributed by atoms with van der Waals surface area (Å²) in [6, 6.07) is 47.7. The van der Waals surface area contributed by atoms with Gasteiger partial charge in [0.1, 0.15) is 0 Å². The highest BCUT2D eigenvalue weighted by Gasteiger charge is 2.13. The van der Waals surface area contributed by atoms with Crippen LogP contribution < -0.4 is 0 Å². The third kappa shape index (κ3) is 5.89. The van der Waals surface area contributed by atoms with Gasteiger partial charge in [-0.05, 0) is 51.6 Å². The van der Waals surface area contributed by atoms with Crippen molar-refractivity contribution in [2.45, 2.75) is 0 Å². The fourth-order valence-electron chi connectivity index (χ4n) is 5.03. The molecular weight excluding hydrogens is 592 g/mol. The third-order valence-electron chi connectivity index (χ3n) is 7.32. The molecule has 0 unspecified atom stereocenters. The van der Waals surface area contributed by atoms with Crippen LogP contribution in [0.1, 0.15) is 0 Å². The van der Waals surface area contributed by atoms with Gasteiger partial charge in [-0.1, -0.05) is 137 Å². The van der Waals surface area contributed by atoms with Gasteiger partial charge >= 0.3 is 0 Å². The maximum atomic E-state index is 4.92. The topological polar surface area (TPSA) is 51.6 Å². The van der Waals surface area contributed by atoms with Gasteiger partial charge in [0.25, 0.3) is 0 Å². The molecule has 0 aliphatic carbocycles. The summed E-state index contributed by atoms with van der Waals surface area (Å²) in [6.45, 7) is 0. The fraction of sp³-hybridized carbons (Fsp3) is 0. The molecule has 0 radical (unpaired) electrons. The minimum absolute atomic E-state index is 0.633. The molecule has 7 aromatic rings. The van der Waals surface area contributed by atoms with Crippen LogP contribution >= 0.6 is 15.9 Å². The van der Waals surface area contributed by atoms with Crippen molar-refractivity contribution in [3.63, 3.8) is 0 Å². The van der Waals surface area contributed by atoms with Crippen LogP contribution in [-0.4, -0.2) is 19.9 Å². The SMILES string of the molecule is Brc1cccc(-c2ccc(-c3ccc(-c4nc(-c5ccccc5)nc(-c5ccc(-c6cccnc6)cc5)n4)cc3)cc2)c1. The summed E-state index contributed by atoms with van der Waals surface area (Å²) < 4.78 is 1.07. The molecule has 0 spiro atoms. The summed E-state index contributed by atoms with van der Waals surface area (Å²) in [6.07, 6.45) is 3.65. The van der Waals surface area contributed by atoms with Gasteiger partial charge in [0.15, 0.2) is 17.5 Å². The summed E-state index contributed by atoms with van der Waals surface area (Å²) in [5.74, 6) is 1.91. The number of pyridine rings is 1. The van der Waals surface area contributed by atoms with E-state index in [1.54, 1.807) is 6.20 Å². The molecule has 2 aromatic heterocycles. The molecule has 0 aliphatic rings. The average molecular weight is 618 g/mol. The second-order valence-electron chi connectivity index (χ2n) is 10.2. The van der Waals surface area contributed by atoms with Gasteiger partial charge in [0, 0.05) is 33.6 Å². The lowest BCUT2D eigenvalue weighted by Crippen LogP contribution is -2.00. The number of halogens is 1. The van der Waals surface area contributed by atoms with Crippen molar-refractivity contribution in [2.24, 2.45) is 0 Å². The monoisotopic (exact) mass is 616 g/mol. The zero-order valence-corrected chi connectivity index (χ0v) is 24.7. The van der Waals surface area contributed by atoms with Crippen molar-refractivity contribution in [1.82, 2.24) is 19.9 Å². The van der Waals surface area contributed by atoms with Crippen LogP contribution in [0.25, 0.3) is 67.5 Å². The Morgan fingerprint density at radius 1 is 0.349 bits per heavy atom. The first kappa shape index (κ1) is 26.6. The summed E-state index contributed by atoms with van der Waals surface area (Å²) >= 11 is 3.57. The Bertz CT molecular complexity index is 1990. The van der Waals surface area contributed by atoms with E-state index in [2.05, 4.69) is 118 Å². The summed E-state index contributed by atoms with van der Waals surface area (Å²) in [5.41, 5.74) is 9.62. The fourth-order valence-corrected chi connectivity index (χ4v) is 5.43. The Kier molecular flexibility index (Phi) is 7.38. The molecule has 0 saturated carbocycles. The standard InChI is InChI=1S/C38H25BrN4/c39-35-10-4-8-33(24-35)28-13-11-26(12-14-28)27-15-19-31(20-16-27)37-41-36(30-6-2-1-3-7-30)42-38(43-37)32-21-17-29(18-22-32)34-9-5-23-40-25-34/h1-25H. The van der Waals surface area contributed by atoms with Crippen LogP contribution in [0.5, 0.6) is 0 Å². The maximum Gasteiger partial charge on any atom is 0.164 e. The second kappa shape index (κ2) is 11.9. The van der Waals surface area contributed by atoms with E-state index in [9.17, 15) is 0 Å². The van der Waals surface area contributed by atoms with Gasteiger partial charge in [-0.2, -0.15) is 0 Å². The van der Waals surface area contributed by atoms with Crippen molar-refractivity contribution in [3.05, 3.63) is 156 Å². The molecule has 0 fully saturated rings. The van der Waals surface area contributed by atoms with E-state index in [1.165, 1.54) is 11.1 Å². The van der Waals surface area contributed by atoms with E-state index in [1.807, 2.05) is 48.7 Å². The Labute approximate surface area is 259 Å².